The van der Waals surface area contributed by atoms with Gasteiger partial charge in [-0.15, -0.1) is 0 Å². The summed E-state index contributed by atoms with van der Waals surface area (Å²) in [4.78, 5) is 18.2. The first-order chi connectivity index (χ1) is 16.0. The minimum Gasteiger partial charge on any atom is -0.480 e. The number of aliphatic carboxylic acids is 1. The number of pyridine rings is 1. The highest BCUT2D eigenvalue weighted by Crippen LogP contribution is 2.33. The Kier molecular flexibility index (Phi) is 9.29. The zero-order valence-corrected chi connectivity index (χ0v) is 20.4. The summed E-state index contributed by atoms with van der Waals surface area (Å²) in [5, 5.41) is 10.6. The summed E-state index contributed by atoms with van der Waals surface area (Å²) in [6, 6.07) is 17.2. The molecule has 0 unspecified atom stereocenters. The van der Waals surface area contributed by atoms with Crippen molar-refractivity contribution in [1.82, 2.24) is 4.98 Å². The number of aryl methyl sites for hydroxylation is 2. The molecule has 0 radical (unpaired) electrons. The molecule has 0 atom stereocenters. The average Bonchev–Trinajstić information content (AvgIpc) is 2.80. The summed E-state index contributed by atoms with van der Waals surface area (Å²) in [6.45, 7) is 7.02. The molecule has 33 heavy (non-hydrogen) atoms. The summed E-state index contributed by atoms with van der Waals surface area (Å²) in [7, 11) is 0. The molecule has 3 aromatic rings. The van der Waals surface area contributed by atoms with Gasteiger partial charge in [-0.1, -0.05) is 81.8 Å². The lowest BCUT2D eigenvalue weighted by Gasteiger charge is -2.23. The third-order valence-electron chi connectivity index (χ3n) is 6.18. The molecule has 0 saturated carbocycles. The molecule has 4 nitrogen and oxygen atoms in total. The molecule has 0 aliphatic heterocycles. The van der Waals surface area contributed by atoms with Gasteiger partial charge in [-0.2, -0.15) is 0 Å². The second-order valence-electron chi connectivity index (χ2n) is 9.08. The molecule has 0 saturated heterocycles. The van der Waals surface area contributed by atoms with Gasteiger partial charge in [-0.3, -0.25) is 4.79 Å². The zero-order valence-electron chi connectivity index (χ0n) is 20.4. The van der Waals surface area contributed by atoms with Crippen LogP contribution in [0.2, 0.25) is 0 Å². The molecule has 1 N–H and O–H groups in total. The fraction of sp³-hybridized carbons (Fsp3) is 0.448. The van der Waals surface area contributed by atoms with Crippen LogP contribution in [0.4, 0.5) is 5.82 Å². The van der Waals surface area contributed by atoms with Crippen molar-refractivity contribution in [2.24, 2.45) is 0 Å². The topological polar surface area (TPSA) is 53.4 Å². The number of hydrogen-bond acceptors (Lipinski definition) is 3. The van der Waals surface area contributed by atoms with Crippen molar-refractivity contribution in [2.45, 2.75) is 72.1 Å². The lowest BCUT2D eigenvalue weighted by atomic mass is 9.97. The van der Waals surface area contributed by atoms with Crippen LogP contribution in [0.5, 0.6) is 0 Å². The number of nitrogens with zero attached hydrogens (tertiary/aromatic N) is 2. The fourth-order valence-electron chi connectivity index (χ4n) is 4.37. The fourth-order valence-corrected chi connectivity index (χ4v) is 4.37. The minimum absolute atomic E-state index is 0.0458. The highest BCUT2D eigenvalue weighted by atomic mass is 16.4. The predicted molar refractivity (Wildman–Crippen MR) is 139 cm³/mol. The Labute approximate surface area is 198 Å². The van der Waals surface area contributed by atoms with E-state index in [9.17, 15) is 9.90 Å². The van der Waals surface area contributed by atoms with Crippen LogP contribution in [0, 0.1) is 6.92 Å². The molecular formula is C29H38N2O2. The van der Waals surface area contributed by atoms with Crippen LogP contribution >= 0.6 is 0 Å². The van der Waals surface area contributed by atoms with E-state index >= 15 is 0 Å². The van der Waals surface area contributed by atoms with E-state index in [2.05, 4.69) is 69.3 Å². The molecule has 0 fully saturated rings. The molecular weight excluding hydrogens is 408 g/mol. The lowest BCUT2D eigenvalue weighted by Crippen LogP contribution is -2.31. The number of carboxylic acid groups (broad SMARTS) is 1. The summed E-state index contributed by atoms with van der Waals surface area (Å²) in [5.74, 6) is -0.109. The number of anilines is 1. The standard InChI is InChI=1S/C29H38N2O2/c1-4-6-7-8-9-10-11-23-14-17-27-26(19-23)25(24-15-12-22(3)13-16-24)20-28(30-27)31(18-5-2)21-29(32)33/h12-17,19-20H,4-11,18,21H2,1-3H3,(H,32,33). The summed E-state index contributed by atoms with van der Waals surface area (Å²) in [5.41, 5.74) is 5.74. The number of carbonyl (C=O) groups is 1. The molecule has 0 aliphatic carbocycles. The molecule has 0 spiro atoms. The van der Waals surface area contributed by atoms with Crippen molar-refractivity contribution < 1.29 is 9.90 Å². The Morgan fingerprint density at radius 1 is 0.909 bits per heavy atom. The van der Waals surface area contributed by atoms with Gasteiger partial charge >= 0.3 is 5.97 Å². The van der Waals surface area contributed by atoms with Crippen LogP contribution in [-0.2, 0) is 11.2 Å². The van der Waals surface area contributed by atoms with Crippen LogP contribution in [0.25, 0.3) is 22.0 Å². The van der Waals surface area contributed by atoms with Gasteiger partial charge in [0.15, 0.2) is 0 Å². The van der Waals surface area contributed by atoms with Crippen molar-refractivity contribution in [1.29, 1.82) is 0 Å². The van der Waals surface area contributed by atoms with Gasteiger partial charge in [0.25, 0.3) is 0 Å². The Morgan fingerprint density at radius 3 is 2.33 bits per heavy atom. The molecule has 3 rings (SSSR count). The minimum atomic E-state index is -0.837. The smallest absolute Gasteiger partial charge is 0.323 e. The maximum atomic E-state index is 11.5. The quantitative estimate of drug-likeness (QED) is 0.278. The van der Waals surface area contributed by atoms with Gasteiger partial charge in [0.1, 0.15) is 12.4 Å². The Hall–Kier alpha value is -2.88. The SMILES string of the molecule is CCCCCCCCc1ccc2nc(N(CCC)CC(=O)O)cc(-c3ccc(C)cc3)c2c1. The van der Waals surface area contributed by atoms with Crippen molar-refractivity contribution >= 4 is 22.7 Å². The second-order valence-corrected chi connectivity index (χ2v) is 9.08. The number of aromatic nitrogens is 1. The zero-order chi connectivity index (χ0) is 23.6. The normalized spacial score (nSPS) is 11.1. The lowest BCUT2D eigenvalue weighted by molar-refractivity contribution is -0.135. The molecule has 176 valence electrons. The van der Waals surface area contributed by atoms with Crippen LogP contribution < -0.4 is 4.90 Å². The first-order valence-electron chi connectivity index (χ1n) is 12.5. The average molecular weight is 447 g/mol. The van der Waals surface area contributed by atoms with Crippen LogP contribution in [-0.4, -0.2) is 29.1 Å². The third kappa shape index (κ3) is 7.05. The van der Waals surface area contributed by atoms with E-state index in [1.807, 2.05) is 4.90 Å². The first kappa shape index (κ1) is 24.8. The number of rotatable bonds is 13. The van der Waals surface area contributed by atoms with Crippen LogP contribution in [0.3, 0.4) is 0 Å². The molecule has 2 aromatic carbocycles. The maximum absolute atomic E-state index is 11.5. The summed E-state index contributed by atoms with van der Waals surface area (Å²) in [6.07, 6.45) is 9.71. The highest BCUT2D eigenvalue weighted by Gasteiger charge is 2.16. The highest BCUT2D eigenvalue weighted by molar-refractivity contribution is 5.96. The maximum Gasteiger partial charge on any atom is 0.323 e. The number of carboxylic acids is 1. The van der Waals surface area contributed by atoms with Gasteiger partial charge in [0.05, 0.1) is 5.52 Å². The second kappa shape index (κ2) is 12.4. The van der Waals surface area contributed by atoms with E-state index < -0.39 is 5.97 Å². The Balaban J connectivity index is 1.96. The van der Waals surface area contributed by atoms with E-state index in [0.29, 0.717) is 6.54 Å². The molecule has 1 heterocycles. The largest absolute Gasteiger partial charge is 0.480 e. The van der Waals surface area contributed by atoms with Gasteiger partial charge < -0.3 is 10.0 Å². The predicted octanol–water partition coefficient (Wildman–Crippen LogP) is 7.41. The van der Waals surface area contributed by atoms with Gasteiger partial charge in [-0.25, -0.2) is 4.98 Å². The van der Waals surface area contributed by atoms with Gasteiger partial charge in [-0.05, 0) is 61.1 Å². The Morgan fingerprint density at radius 2 is 1.64 bits per heavy atom. The van der Waals surface area contributed by atoms with Crippen molar-refractivity contribution in [3.05, 3.63) is 59.7 Å². The number of unbranched alkanes of at least 4 members (excludes halogenated alkanes) is 5. The van der Waals surface area contributed by atoms with Crippen LogP contribution in [0.15, 0.2) is 48.5 Å². The molecule has 1 aromatic heterocycles. The van der Waals surface area contributed by atoms with E-state index in [0.717, 1.165) is 40.7 Å². The monoisotopic (exact) mass is 446 g/mol. The number of hydrogen-bond donors (Lipinski definition) is 1. The van der Waals surface area contributed by atoms with E-state index in [1.54, 1.807) is 0 Å². The van der Waals surface area contributed by atoms with E-state index in [1.165, 1.54) is 49.7 Å². The molecule has 0 aliphatic rings. The first-order valence-corrected chi connectivity index (χ1v) is 12.5. The van der Waals surface area contributed by atoms with Crippen molar-refractivity contribution in [3.8, 4) is 11.1 Å². The van der Waals surface area contributed by atoms with Gasteiger partial charge in [0.2, 0.25) is 0 Å². The number of fused-ring (bicyclic) bond motifs is 1. The molecule has 0 bridgehead atoms. The number of benzene rings is 2. The van der Waals surface area contributed by atoms with Crippen molar-refractivity contribution in [2.75, 3.05) is 18.0 Å². The molecule has 0 amide bonds. The third-order valence-corrected chi connectivity index (χ3v) is 6.18. The van der Waals surface area contributed by atoms with Crippen LogP contribution in [0.1, 0.15) is 69.9 Å². The Bertz CT molecular complexity index is 1040. The van der Waals surface area contributed by atoms with E-state index in [-0.39, 0.29) is 6.54 Å². The van der Waals surface area contributed by atoms with Gasteiger partial charge in [0, 0.05) is 11.9 Å². The van der Waals surface area contributed by atoms with E-state index in [4.69, 9.17) is 4.98 Å². The summed E-state index contributed by atoms with van der Waals surface area (Å²) >= 11 is 0. The van der Waals surface area contributed by atoms with Crippen molar-refractivity contribution in [3.63, 3.8) is 0 Å². The molecule has 4 heteroatoms. The summed E-state index contributed by atoms with van der Waals surface area (Å²) < 4.78 is 0.